The van der Waals surface area contributed by atoms with Crippen LogP contribution in [0.15, 0.2) is 63.6 Å². The molecule has 5 rings (SSSR count). The number of fused-ring (bicyclic) bond motifs is 5. The summed E-state index contributed by atoms with van der Waals surface area (Å²) in [5.41, 5.74) is -0.605. The minimum atomic E-state index is -1.49. The van der Waals surface area contributed by atoms with Gasteiger partial charge in [-0.05, 0) is 23.6 Å². The molecule has 2 atom stereocenters. The van der Waals surface area contributed by atoms with Gasteiger partial charge in [0.25, 0.3) is 5.79 Å². The summed E-state index contributed by atoms with van der Waals surface area (Å²) < 4.78 is 6.37. The fourth-order valence-corrected chi connectivity index (χ4v) is 6.37. The van der Waals surface area contributed by atoms with Gasteiger partial charge in [0, 0.05) is 15.9 Å². The molecule has 0 amide bonds. The van der Waals surface area contributed by atoms with Crippen LogP contribution in [0.3, 0.4) is 0 Å². The zero-order valence-electron chi connectivity index (χ0n) is 17.3. The summed E-state index contributed by atoms with van der Waals surface area (Å²) in [7, 11) is 0. The molecule has 0 unspecified atom stereocenters. The number of rotatable bonds is 0. The summed E-state index contributed by atoms with van der Waals surface area (Å²) in [5, 5.41) is 14.7. The van der Waals surface area contributed by atoms with Crippen molar-refractivity contribution < 1.29 is 19.5 Å². The van der Waals surface area contributed by atoms with Crippen molar-refractivity contribution in [2.45, 2.75) is 50.9 Å². The molecule has 29 heavy (non-hydrogen) atoms. The quantitative estimate of drug-likeness (QED) is 0.685. The molecule has 1 fully saturated rings. The summed E-state index contributed by atoms with van der Waals surface area (Å²) in [6, 6.07) is 7.86. The van der Waals surface area contributed by atoms with Crippen molar-refractivity contribution in [2.24, 2.45) is 10.8 Å². The van der Waals surface area contributed by atoms with Gasteiger partial charge in [-0.2, -0.15) is 0 Å². The first-order valence-corrected chi connectivity index (χ1v) is 10.7. The highest BCUT2D eigenvalue weighted by molar-refractivity contribution is 8.03. The van der Waals surface area contributed by atoms with Gasteiger partial charge in [0.05, 0.1) is 17.9 Å². The van der Waals surface area contributed by atoms with Crippen LogP contribution in [0.2, 0.25) is 0 Å². The van der Waals surface area contributed by atoms with E-state index in [9.17, 15) is 9.90 Å². The topological polar surface area (TPSA) is 59.0 Å². The molecule has 0 saturated carbocycles. The minimum absolute atomic E-state index is 0.102. The standard InChI is InChI=1S/C23H25NO4S/c1-20(2,3)23(26)21(4,5)13-27-22(23)14-9-8-11-16(25)18(14)19-24(28-22)15-10-6-7-12-17(15)29-19/h6-12,26H,13H2,1-5H3/t22-,23-/m0/s1. The second-order valence-corrected chi connectivity index (χ2v) is 10.7. The first kappa shape index (κ1) is 19.1. The molecule has 1 spiro atoms. The number of thioether (sulfide) groups is 1. The van der Waals surface area contributed by atoms with Crippen molar-refractivity contribution in [3.63, 3.8) is 0 Å². The Morgan fingerprint density at radius 2 is 1.93 bits per heavy atom. The van der Waals surface area contributed by atoms with Gasteiger partial charge in [-0.1, -0.05) is 70.7 Å². The Labute approximate surface area is 175 Å². The Hall–Kier alpha value is -1.86. The summed E-state index contributed by atoms with van der Waals surface area (Å²) in [6.07, 6.45) is 5.12. The molecule has 6 heteroatoms. The third kappa shape index (κ3) is 2.15. The van der Waals surface area contributed by atoms with Crippen molar-refractivity contribution in [2.75, 3.05) is 11.7 Å². The maximum absolute atomic E-state index is 13.1. The van der Waals surface area contributed by atoms with Gasteiger partial charge < -0.3 is 9.84 Å². The molecule has 1 aromatic carbocycles. The van der Waals surface area contributed by atoms with Gasteiger partial charge in [0.1, 0.15) is 10.6 Å². The van der Waals surface area contributed by atoms with Crippen molar-refractivity contribution >= 4 is 23.2 Å². The third-order valence-electron chi connectivity index (χ3n) is 6.47. The van der Waals surface area contributed by atoms with E-state index >= 15 is 0 Å². The number of nitrogens with zero attached hydrogens (tertiary/aromatic N) is 1. The van der Waals surface area contributed by atoms with E-state index in [-0.39, 0.29) is 5.78 Å². The van der Waals surface area contributed by atoms with Crippen LogP contribution in [0, 0.1) is 10.8 Å². The lowest BCUT2D eigenvalue weighted by Gasteiger charge is -2.55. The van der Waals surface area contributed by atoms with Gasteiger partial charge in [-0.25, -0.2) is 9.90 Å². The molecule has 5 nitrogen and oxygen atoms in total. The Morgan fingerprint density at radius 1 is 1.21 bits per heavy atom. The fraction of sp³-hybridized carbons (Fsp3) is 0.435. The zero-order valence-corrected chi connectivity index (χ0v) is 18.1. The summed E-state index contributed by atoms with van der Waals surface area (Å²) in [6.45, 7) is 10.2. The number of aliphatic hydroxyl groups is 1. The first-order valence-electron chi connectivity index (χ1n) is 9.84. The molecule has 0 bridgehead atoms. The number of ether oxygens (including phenoxy) is 1. The largest absolute Gasteiger partial charge is 0.383 e. The van der Waals surface area contributed by atoms with Gasteiger partial charge in [-0.15, -0.1) is 0 Å². The van der Waals surface area contributed by atoms with Crippen molar-refractivity contribution in [3.05, 3.63) is 58.7 Å². The average Bonchev–Trinajstić information content (AvgIpc) is 3.11. The van der Waals surface area contributed by atoms with Crippen molar-refractivity contribution in [3.8, 4) is 0 Å². The predicted octanol–water partition coefficient (Wildman–Crippen LogP) is 4.35. The van der Waals surface area contributed by atoms with Crippen molar-refractivity contribution in [1.29, 1.82) is 0 Å². The van der Waals surface area contributed by atoms with Crippen LogP contribution < -0.4 is 5.06 Å². The number of anilines is 1. The van der Waals surface area contributed by atoms with Gasteiger partial charge >= 0.3 is 0 Å². The number of allylic oxidation sites excluding steroid dienone is 3. The Balaban J connectivity index is 1.82. The molecule has 1 aliphatic carbocycles. The number of hydrogen-bond acceptors (Lipinski definition) is 6. The van der Waals surface area contributed by atoms with Crippen LogP contribution >= 0.6 is 11.8 Å². The molecule has 3 heterocycles. The molecule has 0 radical (unpaired) electrons. The zero-order chi connectivity index (χ0) is 20.8. The normalized spacial score (nSPS) is 32.4. The molecular weight excluding hydrogens is 386 g/mol. The van der Waals surface area contributed by atoms with Gasteiger partial charge in [0.15, 0.2) is 5.78 Å². The fourth-order valence-electron chi connectivity index (χ4n) is 5.22. The molecule has 152 valence electrons. The van der Waals surface area contributed by atoms with E-state index < -0.39 is 22.2 Å². The van der Waals surface area contributed by atoms with Gasteiger partial charge in [0.2, 0.25) is 0 Å². The number of hydroxylamine groups is 1. The lowest BCUT2D eigenvalue weighted by molar-refractivity contribution is -0.298. The minimum Gasteiger partial charge on any atom is -0.383 e. The van der Waals surface area contributed by atoms with Crippen LogP contribution in [0.4, 0.5) is 5.69 Å². The van der Waals surface area contributed by atoms with E-state index in [1.165, 1.54) is 11.8 Å². The summed E-state index contributed by atoms with van der Waals surface area (Å²) >= 11 is 1.51. The number of ketones is 1. The molecule has 1 saturated heterocycles. The molecular formula is C23H25NO4S. The molecule has 3 aliphatic heterocycles. The maximum Gasteiger partial charge on any atom is 0.251 e. The summed E-state index contributed by atoms with van der Waals surface area (Å²) in [5.74, 6) is -1.60. The molecule has 1 aromatic rings. The highest BCUT2D eigenvalue weighted by Gasteiger charge is 2.75. The third-order valence-corrected chi connectivity index (χ3v) is 7.60. The smallest absolute Gasteiger partial charge is 0.251 e. The number of carbonyl (C=O) groups is 1. The number of carbonyl (C=O) groups excluding carboxylic acids is 1. The Morgan fingerprint density at radius 3 is 2.66 bits per heavy atom. The van der Waals surface area contributed by atoms with Crippen molar-refractivity contribution in [1.82, 2.24) is 0 Å². The van der Waals surface area contributed by atoms with E-state index in [0.29, 0.717) is 17.8 Å². The predicted molar refractivity (Wildman–Crippen MR) is 112 cm³/mol. The second-order valence-electron chi connectivity index (χ2n) is 9.69. The van der Waals surface area contributed by atoms with E-state index in [0.717, 1.165) is 15.6 Å². The number of benzene rings is 1. The SMILES string of the molecule is CC(C)(C)[C@]1(O)C(C)(C)CO[C@@]12ON1C(=C3C(=O)C=CC=C32)Sc2ccccc21. The van der Waals surface area contributed by atoms with E-state index in [2.05, 4.69) is 0 Å². The van der Waals surface area contributed by atoms with Crippen LogP contribution in [0.25, 0.3) is 0 Å². The first-order chi connectivity index (χ1) is 13.5. The summed E-state index contributed by atoms with van der Waals surface area (Å²) in [4.78, 5) is 20.7. The molecule has 4 aliphatic rings. The Bertz CT molecular complexity index is 1030. The van der Waals surface area contributed by atoms with Crippen LogP contribution in [0.5, 0.6) is 0 Å². The number of hydrogen-bond donors (Lipinski definition) is 1. The molecule has 1 N–H and O–H groups in total. The molecule has 0 aromatic heterocycles. The van der Waals surface area contributed by atoms with Crippen LogP contribution in [-0.4, -0.2) is 28.9 Å². The van der Waals surface area contributed by atoms with E-state index in [1.54, 1.807) is 17.2 Å². The number of para-hydroxylation sites is 1. The van der Waals surface area contributed by atoms with E-state index in [1.807, 2.05) is 65.0 Å². The maximum atomic E-state index is 13.1. The van der Waals surface area contributed by atoms with E-state index in [4.69, 9.17) is 9.57 Å². The average molecular weight is 412 g/mol. The lowest BCUT2D eigenvalue weighted by atomic mass is 9.57. The van der Waals surface area contributed by atoms with Crippen LogP contribution in [0.1, 0.15) is 34.6 Å². The lowest BCUT2D eigenvalue weighted by Crippen LogP contribution is -2.69. The highest BCUT2D eigenvalue weighted by Crippen LogP contribution is 2.65. The second kappa shape index (κ2) is 5.64. The van der Waals surface area contributed by atoms with Crippen LogP contribution in [-0.2, 0) is 14.4 Å². The highest BCUT2D eigenvalue weighted by atomic mass is 32.2. The monoisotopic (exact) mass is 411 g/mol. The Kier molecular flexibility index (Phi) is 3.72. The van der Waals surface area contributed by atoms with Gasteiger partial charge in [-0.3, -0.25) is 4.79 Å².